The predicted molar refractivity (Wildman–Crippen MR) is 84.5 cm³/mol. The molecule has 1 rings (SSSR count). The van der Waals surface area contributed by atoms with Crippen LogP contribution in [0.4, 0.5) is 0 Å². The highest BCUT2D eigenvalue weighted by Gasteiger charge is 2.30. The van der Waals surface area contributed by atoms with Crippen molar-refractivity contribution in [1.29, 1.82) is 0 Å². The molecule has 1 fully saturated rings. The molecular formula is C16H30N2O4. The van der Waals surface area contributed by atoms with Gasteiger partial charge in [0.1, 0.15) is 6.10 Å². The van der Waals surface area contributed by atoms with E-state index in [1.54, 1.807) is 11.8 Å². The maximum Gasteiger partial charge on any atom is 0.251 e. The van der Waals surface area contributed by atoms with E-state index in [1.807, 2.05) is 13.8 Å². The standard InChI is InChI=1S/C16H30N2O4/c1-4-8-17-15(19)14-7-6-9-18(12-14)16(20)13(3)22-11-10-21-5-2/h13-14H,4-12H2,1-3H3,(H,17,19)/t13-,14-/m1/s1. The molecule has 0 radical (unpaired) electrons. The molecule has 0 aromatic carbocycles. The second kappa shape index (κ2) is 10.6. The van der Waals surface area contributed by atoms with E-state index in [0.29, 0.717) is 39.5 Å². The minimum atomic E-state index is -0.488. The van der Waals surface area contributed by atoms with Crippen LogP contribution in [0, 0.1) is 5.92 Å². The fourth-order valence-corrected chi connectivity index (χ4v) is 2.54. The summed E-state index contributed by atoms with van der Waals surface area (Å²) >= 11 is 0. The molecule has 0 saturated carbocycles. The molecule has 6 nitrogen and oxygen atoms in total. The molecule has 1 N–H and O–H groups in total. The third kappa shape index (κ3) is 6.32. The summed E-state index contributed by atoms with van der Waals surface area (Å²) in [6.45, 7) is 9.15. The van der Waals surface area contributed by atoms with Crippen molar-refractivity contribution in [3.8, 4) is 0 Å². The van der Waals surface area contributed by atoms with Gasteiger partial charge in [0.2, 0.25) is 5.91 Å². The van der Waals surface area contributed by atoms with Crippen LogP contribution in [0.5, 0.6) is 0 Å². The van der Waals surface area contributed by atoms with E-state index in [1.165, 1.54) is 0 Å². The van der Waals surface area contributed by atoms with Crippen molar-refractivity contribution in [3.63, 3.8) is 0 Å². The molecule has 0 spiro atoms. The first-order chi connectivity index (χ1) is 10.6. The van der Waals surface area contributed by atoms with Crippen LogP contribution in [0.1, 0.15) is 40.0 Å². The molecule has 0 aromatic rings. The minimum Gasteiger partial charge on any atom is -0.379 e. The molecule has 2 amide bonds. The Morgan fingerprint density at radius 2 is 2.09 bits per heavy atom. The summed E-state index contributed by atoms with van der Waals surface area (Å²) in [4.78, 5) is 26.2. The maximum absolute atomic E-state index is 12.4. The number of hydrogen-bond donors (Lipinski definition) is 1. The Morgan fingerprint density at radius 3 is 2.77 bits per heavy atom. The van der Waals surface area contributed by atoms with Gasteiger partial charge in [-0.15, -0.1) is 0 Å². The van der Waals surface area contributed by atoms with Crippen LogP contribution < -0.4 is 5.32 Å². The van der Waals surface area contributed by atoms with Gasteiger partial charge in [-0.05, 0) is 33.1 Å². The number of ether oxygens (including phenoxy) is 2. The SMILES string of the molecule is CCCNC(=O)[C@@H]1CCCN(C(=O)[C@@H](C)OCCOCC)C1. The Kier molecular flexibility index (Phi) is 9.08. The van der Waals surface area contributed by atoms with Crippen molar-refractivity contribution in [3.05, 3.63) is 0 Å². The Hall–Kier alpha value is -1.14. The minimum absolute atomic E-state index is 0.0375. The number of piperidine rings is 1. The van der Waals surface area contributed by atoms with E-state index in [4.69, 9.17) is 9.47 Å². The van der Waals surface area contributed by atoms with Gasteiger partial charge in [-0.2, -0.15) is 0 Å². The van der Waals surface area contributed by atoms with E-state index in [-0.39, 0.29) is 17.7 Å². The molecular weight excluding hydrogens is 284 g/mol. The fraction of sp³-hybridized carbons (Fsp3) is 0.875. The second-order valence-electron chi connectivity index (χ2n) is 5.62. The van der Waals surface area contributed by atoms with Gasteiger partial charge in [0, 0.05) is 26.2 Å². The van der Waals surface area contributed by atoms with E-state index >= 15 is 0 Å². The largest absolute Gasteiger partial charge is 0.379 e. The molecule has 2 atom stereocenters. The quantitative estimate of drug-likeness (QED) is 0.649. The van der Waals surface area contributed by atoms with Crippen molar-refractivity contribution in [2.75, 3.05) is 39.5 Å². The van der Waals surface area contributed by atoms with Crippen LogP contribution in [0.3, 0.4) is 0 Å². The highest BCUT2D eigenvalue weighted by atomic mass is 16.5. The van der Waals surface area contributed by atoms with Crippen molar-refractivity contribution < 1.29 is 19.1 Å². The van der Waals surface area contributed by atoms with Crippen LogP contribution in [-0.2, 0) is 19.1 Å². The first-order valence-corrected chi connectivity index (χ1v) is 8.36. The Labute approximate surface area is 133 Å². The number of carbonyl (C=O) groups is 2. The Balaban J connectivity index is 2.39. The van der Waals surface area contributed by atoms with Crippen LogP contribution in [-0.4, -0.2) is 62.3 Å². The van der Waals surface area contributed by atoms with Gasteiger partial charge >= 0.3 is 0 Å². The Bertz CT molecular complexity index is 349. The first-order valence-electron chi connectivity index (χ1n) is 8.36. The molecule has 22 heavy (non-hydrogen) atoms. The van der Waals surface area contributed by atoms with Gasteiger partial charge in [0.25, 0.3) is 5.91 Å². The van der Waals surface area contributed by atoms with Crippen LogP contribution in [0.25, 0.3) is 0 Å². The lowest BCUT2D eigenvalue weighted by Gasteiger charge is -2.33. The molecule has 6 heteroatoms. The third-order valence-electron chi connectivity index (χ3n) is 3.80. The summed E-state index contributed by atoms with van der Waals surface area (Å²) in [5, 5.41) is 2.91. The number of rotatable bonds is 9. The summed E-state index contributed by atoms with van der Waals surface area (Å²) in [6, 6.07) is 0. The molecule has 1 heterocycles. The van der Waals surface area contributed by atoms with Crippen LogP contribution in [0.15, 0.2) is 0 Å². The zero-order valence-electron chi connectivity index (χ0n) is 14.1. The summed E-state index contributed by atoms with van der Waals surface area (Å²) < 4.78 is 10.7. The zero-order chi connectivity index (χ0) is 16.4. The zero-order valence-corrected chi connectivity index (χ0v) is 14.1. The lowest BCUT2D eigenvalue weighted by atomic mass is 9.96. The fourth-order valence-electron chi connectivity index (χ4n) is 2.54. The van der Waals surface area contributed by atoms with E-state index in [9.17, 15) is 9.59 Å². The predicted octanol–water partition coefficient (Wildman–Crippen LogP) is 1.19. The smallest absolute Gasteiger partial charge is 0.251 e. The summed E-state index contributed by atoms with van der Waals surface area (Å²) in [6.07, 6.45) is 2.14. The third-order valence-corrected chi connectivity index (χ3v) is 3.80. The highest BCUT2D eigenvalue weighted by molar-refractivity contribution is 5.83. The van der Waals surface area contributed by atoms with Gasteiger partial charge in [-0.1, -0.05) is 6.92 Å². The average Bonchev–Trinajstić information content (AvgIpc) is 2.55. The molecule has 0 unspecified atom stereocenters. The lowest BCUT2D eigenvalue weighted by molar-refractivity contribution is -0.146. The molecule has 0 aliphatic carbocycles. The topological polar surface area (TPSA) is 67.9 Å². The van der Waals surface area contributed by atoms with Gasteiger partial charge in [0.15, 0.2) is 0 Å². The first kappa shape index (κ1) is 18.9. The molecule has 1 saturated heterocycles. The normalized spacial score (nSPS) is 19.8. The van der Waals surface area contributed by atoms with Crippen molar-refractivity contribution in [2.45, 2.75) is 46.1 Å². The van der Waals surface area contributed by atoms with E-state index in [2.05, 4.69) is 5.32 Å². The maximum atomic E-state index is 12.4. The lowest BCUT2D eigenvalue weighted by Crippen LogP contribution is -2.48. The average molecular weight is 314 g/mol. The van der Waals surface area contributed by atoms with Gasteiger partial charge < -0.3 is 19.7 Å². The van der Waals surface area contributed by atoms with Crippen LogP contribution in [0.2, 0.25) is 0 Å². The second-order valence-corrected chi connectivity index (χ2v) is 5.62. The highest BCUT2D eigenvalue weighted by Crippen LogP contribution is 2.18. The summed E-state index contributed by atoms with van der Waals surface area (Å²) in [7, 11) is 0. The van der Waals surface area contributed by atoms with Crippen molar-refractivity contribution in [2.24, 2.45) is 5.92 Å². The van der Waals surface area contributed by atoms with Crippen LogP contribution >= 0.6 is 0 Å². The molecule has 128 valence electrons. The monoisotopic (exact) mass is 314 g/mol. The summed E-state index contributed by atoms with van der Waals surface area (Å²) in [5.41, 5.74) is 0. The van der Waals surface area contributed by atoms with Crippen molar-refractivity contribution >= 4 is 11.8 Å². The number of nitrogens with one attached hydrogen (secondary N) is 1. The van der Waals surface area contributed by atoms with Gasteiger partial charge in [0.05, 0.1) is 19.1 Å². The molecule has 1 aliphatic rings. The number of carbonyl (C=O) groups excluding carboxylic acids is 2. The molecule has 0 bridgehead atoms. The molecule has 1 aliphatic heterocycles. The number of amides is 2. The summed E-state index contributed by atoms with van der Waals surface area (Å²) in [5.74, 6) is -0.0753. The van der Waals surface area contributed by atoms with Gasteiger partial charge in [-0.25, -0.2) is 0 Å². The number of hydrogen-bond acceptors (Lipinski definition) is 4. The van der Waals surface area contributed by atoms with Crippen molar-refractivity contribution in [1.82, 2.24) is 10.2 Å². The number of nitrogens with zero attached hydrogens (tertiary/aromatic N) is 1. The number of likely N-dealkylation sites (tertiary alicyclic amines) is 1. The van der Waals surface area contributed by atoms with Gasteiger partial charge in [-0.3, -0.25) is 9.59 Å². The van der Waals surface area contributed by atoms with E-state index < -0.39 is 6.10 Å². The Morgan fingerprint density at radius 1 is 1.32 bits per heavy atom. The molecule has 0 aromatic heterocycles. The van der Waals surface area contributed by atoms with E-state index in [0.717, 1.165) is 19.3 Å².